The Morgan fingerprint density at radius 3 is 3.09 bits per heavy atom. The van der Waals surface area contributed by atoms with Crippen LogP contribution < -0.4 is 5.73 Å². The fraction of sp³-hybridized carbons (Fsp3) is 0.267. The molecular formula is C15H14ClN5OS. The largest absolute Gasteiger partial charge is 0.375 e. The van der Waals surface area contributed by atoms with Crippen molar-refractivity contribution in [3.63, 3.8) is 0 Å². The number of thiazole rings is 1. The lowest BCUT2D eigenvalue weighted by molar-refractivity contribution is 0.0669. The Morgan fingerprint density at radius 2 is 2.30 bits per heavy atom. The molecule has 23 heavy (non-hydrogen) atoms. The number of carbonyl (C=O) groups is 1. The van der Waals surface area contributed by atoms with E-state index in [1.54, 1.807) is 11.0 Å². The molecule has 0 spiro atoms. The number of nitrogens with zero attached hydrogens (tertiary/aromatic N) is 3. The van der Waals surface area contributed by atoms with Gasteiger partial charge in [-0.1, -0.05) is 29.0 Å². The summed E-state index contributed by atoms with van der Waals surface area (Å²) in [6, 6.07) is 5.37. The first-order chi connectivity index (χ1) is 11.0. The van der Waals surface area contributed by atoms with Gasteiger partial charge in [0, 0.05) is 13.0 Å². The van der Waals surface area contributed by atoms with Gasteiger partial charge in [-0.15, -0.1) is 0 Å². The molecule has 6 nitrogen and oxygen atoms in total. The number of anilines is 1. The quantitative estimate of drug-likeness (QED) is 0.708. The SMILES string of the molecule is C[C@@H]1c2sc(N)nc2CCN1C(=O)c1nc2c(Cl)cccc2[nH]1. The number of para-hydroxylation sites is 1. The maximum Gasteiger partial charge on any atom is 0.290 e. The predicted octanol–water partition coefficient (Wildman–Crippen LogP) is 3.01. The average molecular weight is 348 g/mol. The highest BCUT2D eigenvalue weighted by Crippen LogP contribution is 2.35. The van der Waals surface area contributed by atoms with Crippen molar-refractivity contribution in [3.8, 4) is 0 Å². The summed E-state index contributed by atoms with van der Waals surface area (Å²) in [7, 11) is 0. The van der Waals surface area contributed by atoms with Gasteiger partial charge in [-0.25, -0.2) is 9.97 Å². The lowest BCUT2D eigenvalue weighted by Crippen LogP contribution is -2.38. The molecule has 0 saturated heterocycles. The first kappa shape index (κ1) is 14.5. The molecule has 1 aliphatic heterocycles. The lowest BCUT2D eigenvalue weighted by Gasteiger charge is -2.31. The molecule has 1 aliphatic rings. The molecular weight excluding hydrogens is 334 g/mol. The highest BCUT2D eigenvalue weighted by Gasteiger charge is 2.32. The Hall–Kier alpha value is -2.12. The van der Waals surface area contributed by atoms with E-state index in [0.29, 0.717) is 34.5 Å². The van der Waals surface area contributed by atoms with Gasteiger partial charge in [-0.3, -0.25) is 4.79 Å². The second-order valence-electron chi connectivity index (χ2n) is 5.51. The summed E-state index contributed by atoms with van der Waals surface area (Å²) in [5.41, 5.74) is 8.16. The number of rotatable bonds is 1. The molecule has 0 aliphatic carbocycles. The van der Waals surface area contributed by atoms with Gasteiger partial charge in [-0.05, 0) is 19.1 Å². The molecule has 3 N–H and O–H groups in total. The minimum atomic E-state index is -0.137. The number of nitrogen functional groups attached to an aromatic ring is 1. The van der Waals surface area contributed by atoms with E-state index in [1.807, 2.05) is 19.1 Å². The van der Waals surface area contributed by atoms with E-state index in [2.05, 4.69) is 15.0 Å². The minimum Gasteiger partial charge on any atom is -0.375 e. The number of hydrogen-bond acceptors (Lipinski definition) is 5. The van der Waals surface area contributed by atoms with Crippen molar-refractivity contribution >= 4 is 45.0 Å². The van der Waals surface area contributed by atoms with E-state index in [0.717, 1.165) is 16.1 Å². The third-order valence-electron chi connectivity index (χ3n) is 4.11. The lowest BCUT2D eigenvalue weighted by atomic mass is 10.1. The van der Waals surface area contributed by atoms with E-state index in [-0.39, 0.29) is 11.9 Å². The molecule has 0 bridgehead atoms. The molecule has 1 atom stereocenters. The van der Waals surface area contributed by atoms with Crippen LogP contribution in [0.25, 0.3) is 11.0 Å². The van der Waals surface area contributed by atoms with Crippen LogP contribution in [0.3, 0.4) is 0 Å². The Bertz CT molecular complexity index is 918. The normalized spacial score (nSPS) is 17.5. The molecule has 3 aromatic rings. The van der Waals surface area contributed by atoms with Crippen molar-refractivity contribution in [2.75, 3.05) is 12.3 Å². The fourth-order valence-corrected chi connectivity index (χ4v) is 4.12. The molecule has 0 saturated carbocycles. The third kappa shape index (κ3) is 2.27. The Morgan fingerprint density at radius 1 is 1.48 bits per heavy atom. The van der Waals surface area contributed by atoms with Crippen LogP contribution in [0.5, 0.6) is 0 Å². The van der Waals surface area contributed by atoms with Crippen LogP contribution in [0.1, 0.15) is 34.2 Å². The van der Waals surface area contributed by atoms with Crippen LogP contribution in [0, 0.1) is 0 Å². The molecule has 8 heteroatoms. The molecule has 0 unspecified atom stereocenters. The van der Waals surface area contributed by atoms with Crippen molar-refractivity contribution in [1.82, 2.24) is 19.9 Å². The highest BCUT2D eigenvalue weighted by molar-refractivity contribution is 7.15. The standard InChI is InChI=1S/C15H14ClN5OS/c1-7-12-10(19-15(17)23-12)5-6-21(7)14(22)13-18-9-4-2-3-8(16)11(9)20-13/h2-4,7H,5-6H2,1H3,(H2,17,19)(H,18,20)/t7-/m1/s1. The topological polar surface area (TPSA) is 87.9 Å². The first-order valence-corrected chi connectivity index (χ1v) is 8.44. The van der Waals surface area contributed by atoms with Crippen molar-refractivity contribution in [2.45, 2.75) is 19.4 Å². The predicted molar refractivity (Wildman–Crippen MR) is 90.8 cm³/mol. The van der Waals surface area contributed by atoms with E-state index < -0.39 is 0 Å². The maximum absolute atomic E-state index is 12.8. The molecule has 118 valence electrons. The van der Waals surface area contributed by atoms with Gasteiger partial charge in [0.05, 0.1) is 27.2 Å². The van der Waals surface area contributed by atoms with Gasteiger partial charge in [0.25, 0.3) is 5.91 Å². The van der Waals surface area contributed by atoms with Crippen molar-refractivity contribution in [1.29, 1.82) is 0 Å². The second kappa shape index (κ2) is 5.21. The summed E-state index contributed by atoms with van der Waals surface area (Å²) in [6.45, 7) is 2.59. The molecule has 4 rings (SSSR count). The molecule has 0 fully saturated rings. The Labute approximate surface area is 141 Å². The summed E-state index contributed by atoms with van der Waals surface area (Å²) in [4.78, 5) is 27.5. The van der Waals surface area contributed by atoms with Gasteiger partial charge in [0.2, 0.25) is 0 Å². The number of amides is 1. The molecule has 1 aromatic carbocycles. The number of halogens is 1. The first-order valence-electron chi connectivity index (χ1n) is 7.25. The molecule has 3 heterocycles. The van der Waals surface area contributed by atoms with Gasteiger partial charge < -0.3 is 15.6 Å². The molecule has 0 radical (unpaired) electrons. The van der Waals surface area contributed by atoms with Crippen molar-refractivity contribution < 1.29 is 4.79 Å². The smallest absolute Gasteiger partial charge is 0.290 e. The van der Waals surface area contributed by atoms with Gasteiger partial charge in [0.1, 0.15) is 5.52 Å². The zero-order valence-corrected chi connectivity index (χ0v) is 13.9. The van der Waals surface area contributed by atoms with Gasteiger partial charge >= 0.3 is 0 Å². The maximum atomic E-state index is 12.8. The summed E-state index contributed by atoms with van der Waals surface area (Å²) in [5.74, 6) is 0.170. The average Bonchev–Trinajstić information content (AvgIpc) is 3.11. The number of imidazole rings is 1. The number of nitrogens with two attached hydrogens (primary N) is 1. The number of hydrogen-bond donors (Lipinski definition) is 2. The number of fused-ring (bicyclic) bond motifs is 2. The molecule has 2 aromatic heterocycles. The fourth-order valence-electron chi connectivity index (χ4n) is 2.96. The van der Waals surface area contributed by atoms with Crippen LogP contribution in [0.15, 0.2) is 18.2 Å². The summed E-state index contributed by atoms with van der Waals surface area (Å²) in [6.07, 6.45) is 0.708. The highest BCUT2D eigenvalue weighted by atomic mass is 35.5. The van der Waals surface area contributed by atoms with Crippen LogP contribution in [0.2, 0.25) is 5.02 Å². The van der Waals surface area contributed by atoms with Crippen LogP contribution >= 0.6 is 22.9 Å². The number of carbonyl (C=O) groups excluding carboxylic acids is 1. The van der Waals surface area contributed by atoms with E-state index >= 15 is 0 Å². The second-order valence-corrected chi connectivity index (χ2v) is 6.98. The van der Waals surface area contributed by atoms with Crippen LogP contribution in [-0.4, -0.2) is 32.3 Å². The molecule has 1 amide bonds. The number of H-pyrrole nitrogens is 1. The Balaban J connectivity index is 1.70. The third-order valence-corrected chi connectivity index (χ3v) is 5.51. The number of aromatic amines is 1. The van der Waals surface area contributed by atoms with E-state index in [4.69, 9.17) is 17.3 Å². The van der Waals surface area contributed by atoms with Gasteiger partial charge in [-0.2, -0.15) is 0 Å². The summed E-state index contributed by atoms with van der Waals surface area (Å²) in [5, 5.41) is 1.08. The van der Waals surface area contributed by atoms with E-state index in [1.165, 1.54) is 11.3 Å². The zero-order chi connectivity index (χ0) is 16.1. The van der Waals surface area contributed by atoms with Crippen LogP contribution in [-0.2, 0) is 6.42 Å². The number of nitrogens with one attached hydrogen (secondary N) is 1. The van der Waals surface area contributed by atoms with Gasteiger partial charge in [0.15, 0.2) is 11.0 Å². The summed E-state index contributed by atoms with van der Waals surface area (Å²) >= 11 is 7.57. The zero-order valence-electron chi connectivity index (χ0n) is 12.3. The Kier molecular flexibility index (Phi) is 3.28. The van der Waals surface area contributed by atoms with E-state index in [9.17, 15) is 4.79 Å². The van der Waals surface area contributed by atoms with Crippen molar-refractivity contribution in [2.24, 2.45) is 0 Å². The summed E-state index contributed by atoms with van der Waals surface area (Å²) < 4.78 is 0. The van der Waals surface area contributed by atoms with Crippen LogP contribution in [0.4, 0.5) is 5.13 Å². The number of benzene rings is 1. The monoisotopic (exact) mass is 347 g/mol. The van der Waals surface area contributed by atoms with Crippen molar-refractivity contribution in [3.05, 3.63) is 39.6 Å². The number of aromatic nitrogens is 3. The minimum absolute atomic E-state index is 0.0651.